The van der Waals surface area contributed by atoms with E-state index >= 15 is 0 Å². The zero-order valence-corrected chi connectivity index (χ0v) is 16.1. The van der Waals surface area contributed by atoms with E-state index in [0.29, 0.717) is 0 Å². The Bertz CT molecular complexity index is 1190. The van der Waals surface area contributed by atoms with Gasteiger partial charge in [0.2, 0.25) is 5.91 Å². The lowest BCUT2D eigenvalue weighted by molar-refractivity contribution is -0.117. The SMILES string of the molecule is CC(=O)NS(=O)(=O)c1ccc(NC(=O)c2coc(NC(=O)c3cnccn3)n2)cc1. The van der Waals surface area contributed by atoms with Gasteiger partial charge in [0.25, 0.3) is 21.8 Å². The van der Waals surface area contributed by atoms with Crippen LogP contribution in [0.3, 0.4) is 0 Å². The van der Waals surface area contributed by atoms with E-state index in [4.69, 9.17) is 4.42 Å². The molecule has 0 radical (unpaired) electrons. The first kappa shape index (κ1) is 20.6. The summed E-state index contributed by atoms with van der Waals surface area (Å²) in [5.74, 6) is -2.00. The zero-order chi connectivity index (χ0) is 21.7. The molecule has 0 aliphatic rings. The lowest BCUT2D eigenvalue weighted by Gasteiger charge is -2.06. The van der Waals surface area contributed by atoms with E-state index in [1.807, 2.05) is 4.72 Å². The maximum Gasteiger partial charge on any atom is 0.302 e. The minimum absolute atomic E-state index is 0.0380. The normalized spacial score (nSPS) is 10.8. The fourth-order valence-corrected chi connectivity index (χ4v) is 3.16. The molecule has 0 bridgehead atoms. The third-order valence-corrected chi connectivity index (χ3v) is 4.90. The quantitative estimate of drug-likeness (QED) is 0.511. The van der Waals surface area contributed by atoms with E-state index in [9.17, 15) is 22.8 Å². The Morgan fingerprint density at radius 2 is 1.67 bits per heavy atom. The molecule has 3 aromatic rings. The standard InChI is InChI=1S/C17H14N6O6S/c1-10(24)23-30(27,28)12-4-2-11(3-5-12)20-16(26)14-9-29-17(21-14)22-15(25)13-8-18-6-7-19-13/h2-9H,1H3,(H,20,26)(H,23,24)(H,21,22,25). The molecule has 3 rings (SSSR count). The lowest BCUT2D eigenvalue weighted by Crippen LogP contribution is -2.28. The average molecular weight is 430 g/mol. The summed E-state index contributed by atoms with van der Waals surface area (Å²) in [7, 11) is -3.98. The van der Waals surface area contributed by atoms with Crippen molar-refractivity contribution in [1.29, 1.82) is 0 Å². The molecule has 12 nitrogen and oxygen atoms in total. The summed E-state index contributed by atoms with van der Waals surface area (Å²) in [5.41, 5.74) is 0.185. The Kier molecular flexibility index (Phi) is 5.83. The van der Waals surface area contributed by atoms with Crippen LogP contribution in [0.1, 0.15) is 27.9 Å². The van der Waals surface area contributed by atoms with Crippen molar-refractivity contribution in [1.82, 2.24) is 19.7 Å². The fraction of sp³-hybridized carbons (Fsp3) is 0.0588. The van der Waals surface area contributed by atoms with E-state index in [1.54, 1.807) is 0 Å². The molecule has 3 amide bonds. The molecule has 2 heterocycles. The molecule has 30 heavy (non-hydrogen) atoms. The Labute approximate surface area is 169 Å². The topological polar surface area (TPSA) is 173 Å². The van der Waals surface area contributed by atoms with Gasteiger partial charge in [-0.05, 0) is 24.3 Å². The smallest absolute Gasteiger partial charge is 0.302 e. The van der Waals surface area contributed by atoms with Crippen LogP contribution in [0.15, 0.2) is 58.4 Å². The largest absolute Gasteiger partial charge is 0.431 e. The summed E-state index contributed by atoms with van der Waals surface area (Å²) < 4.78 is 30.7. The molecule has 0 atom stereocenters. The van der Waals surface area contributed by atoms with E-state index in [2.05, 4.69) is 25.6 Å². The Balaban J connectivity index is 1.64. The van der Waals surface area contributed by atoms with Crippen molar-refractivity contribution in [3.05, 3.63) is 60.5 Å². The zero-order valence-electron chi connectivity index (χ0n) is 15.3. The molecular weight excluding hydrogens is 416 g/mol. The fourth-order valence-electron chi connectivity index (χ4n) is 2.17. The molecule has 3 N–H and O–H groups in total. The first-order chi connectivity index (χ1) is 14.2. The molecule has 1 aromatic carbocycles. The predicted molar refractivity (Wildman–Crippen MR) is 102 cm³/mol. The van der Waals surface area contributed by atoms with Gasteiger partial charge in [-0.1, -0.05) is 0 Å². The highest BCUT2D eigenvalue weighted by atomic mass is 32.2. The van der Waals surface area contributed by atoms with Crippen molar-refractivity contribution >= 4 is 39.4 Å². The van der Waals surface area contributed by atoms with E-state index in [-0.39, 0.29) is 28.0 Å². The minimum atomic E-state index is -3.98. The number of nitrogens with zero attached hydrogens (tertiary/aromatic N) is 3. The van der Waals surface area contributed by atoms with Crippen LogP contribution >= 0.6 is 0 Å². The second kappa shape index (κ2) is 8.48. The van der Waals surface area contributed by atoms with Crippen LogP contribution in [-0.4, -0.2) is 41.1 Å². The summed E-state index contributed by atoms with van der Waals surface area (Å²) in [5, 5.41) is 4.83. The Morgan fingerprint density at radius 3 is 2.30 bits per heavy atom. The van der Waals surface area contributed by atoms with Crippen LogP contribution in [-0.2, 0) is 14.8 Å². The van der Waals surface area contributed by atoms with Crippen molar-refractivity contribution in [2.45, 2.75) is 11.8 Å². The molecule has 13 heteroatoms. The molecule has 0 unspecified atom stereocenters. The van der Waals surface area contributed by atoms with Crippen molar-refractivity contribution in [3.8, 4) is 0 Å². The van der Waals surface area contributed by atoms with Crippen molar-refractivity contribution in [3.63, 3.8) is 0 Å². The van der Waals surface area contributed by atoms with Crippen LogP contribution in [0.2, 0.25) is 0 Å². The van der Waals surface area contributed by atoms with Gasteiger partial charge >= 0.3 is 6.01 Å². The molecule has 0 saturated heterocycles. The third kappa shape index (κ3) is 5.02. The number of nitrogens with one attached hydrogen (secondary N) is 3. The first-order valence-corrected chi connectivity index (χ1v) is 9.70. The number of hydrogen-bond acceptors (Lipinski definition) is 9. The summed E-state index contributed by atoms with van der Waals surface area (Å²) in [4.78, 5) is 46.5. The molecule has 0 aliphatic heterocycles. The number of benzene rings is 1. The van der Waals surface area contributed by atoms with Crippen molar-refractivity contribution < 1.29 is 27.2 Å². The molecule has 0 aliphatic carbocycles. The van der Waals surface area contributed by atoms with Crippen molar-refractivity contribution in [2.24, 2.45) is 0 Å². The first-order valence-electron chi connectivity index (χ1n) is 8.22. The highest BCUT2D eigenvalue weighted by molar-refractivity contribution is 7.90. The van der Waals surface area contributed by atoms with Gasteiger partial charge in [-0.3, -0.25) is 24.7 Å². The number of sulfonamides is 1. The van der Waals surface area contributed by atoms with Gasteiger partial charge in [0, 0.05) is 25.0 Å². The average Bonchev–Trinajstić information content (AvgIpc) is 3.17. The predicted octanol–water partition coefficient (Wildman–Crippen LogP) is 0.794. The van der Waals surface area contributed by atoms with Gasteiger partial charge in [-0.25, -0.2) is 18.1 Å². The number of hydrogen-bond donors (Lipinski definition) is 3. The van der Waals surface area contributed by atoms with Gasteiger partial charge in [-0.15, -0.1) is 0 Å². The summed E-state index contributed by atoms with van der Waals surface area (Å²) in [6.07, 6.45) is 5.04. The molecular formula is C17H14N6O6S. The lowest BCUT2D eigenvalue weighted by atomic mass is 10.3. The maximum absolute atomic E-state index is 12.3. The van der Waals surface area contributed by atoms with Gasteiger partial charge < -0.3 is 9.73 Å². The van der Waals surface area contributed by atoms with Crippen molar-refractivity contribution in [2.75, 3.05) is 10.6 Å². The number of carbonyl (C=O) groups is 3. The van der Waals surface area contributed by atoms with Gasteiger partial charge in [0.05, 0.1) is 11.1 Å². The van der Waals surface area contributed by atoms with Crippen LogP contribution < -0.4 is 15.4 Å². The maximum atomic E-state index is 12.3. The molecule has 0 fully saturated rings. The third-order valence-electron chi connectivity index (χ3n) is 3.45. The number of anilines is 2. The monoisotopic (exact) mass is 430 g/mol. The van der Waals surface area contributed by atoms with E-state index in [0.717, 1.165) is 13.2 Å². The summed E-state index contributed by atoms with van der Waals surface area (Å²) >= 11 is 0. The molecule has 0 spiro atoms. The number of carbonyl (C=O) groups excluding carboxylic acids is 3. The van der Waals surface area contributed by atoms with E-state index < -0.39 is 27.7 Å². The number of rotatable bonds is 6. The van der Waals surface area contributed by atoms with Gasteiger partial charge in [0.15, 0.2) is 5.69 Å². The number of oxazole rings is 1. The van der Waals surface area contributed by atoms with Crippen LogP contribution in [0.5, 0.6) is 0 Å². The second-order valence-electron chi connectivity index (χ2n) is 5.72. The van der Waals surface area contributed by atoms with Crippen LogP contribution in [0.4, 0.5) is 11.7 Å². The Morgan fingerprint density at radius 1 is 0.967 bits per heavy atom. The summed E-state index contributed by atoms with van der Waals surface area (Å²) in [6.45, 7) is 1.08. The highest BCUT2D eigenvalue weighted by Gasteiger charge is 2.17. The highest BCUT2D eigenvalue weighted by Crippen LogP contribution is 2.16. The number of amides is 3. The molecule has 2 aromatic heterocycles. The molecule has 154 valence electrons. The molecule has 0 saturated carbocycles. The Hall–Kier alpha value is -4.13. The van der Waals surface area contributed by atoms with Gasteiger partial charge in [-0.2, -0.15) is 4.98 Å². The summed E-state index contributed by atoms with van der Waals surface area (Å²) in [6, 6.07) is 4.90. The van der Waals surface area contributed by atoms with Crippen LogP contribution in [0, 0.1) is 0 Å². The van der Waals surface area contributed by atoms with Crippen LogP contribution in [0.25, 0.3) is 0 Å². The van der Waals surface area contributed by atoms with Gasteiger partial charge in [0.1, 0.15) is 12.0 Å². The number of aromatic nitrogens is 3. The second-order valence-corrected chi connectivity index (χ2v) is 7.41. The van der Waals surface area contributed by atoms with E-state index in [1.165, 1.54) is 42.9 Å². The minimum Gasteiger partial charge on any atom is -0.431 e.